The predicted molar refractivity (Wildman–Crippen MR) is 112 cm³/mol. The Bertz CT molecular complexity index is 968. The number of ether oxygens (including phenoxy) is 1. The van der Waals surface area contributed by atoms with Gasteiger partial charge in [0.15, 0.2) is 5.82 Å². The molecule has 0 amide bonds. The molecule has 0 aliphatic carbocycles. The fourth-order valence-electron chi connectivity index (χ4n) is 3.45. The second-order valence-corrected chi connectivity index (χ2v) is 8.72. The summed E-state index contributed by atoms with van der Waals surface area (Å²) in [5, 5.41) is 12.6. The normalized spacial score (nSPS) is 20.1. The van der Waals surface area contributed by atoms with Gasteiger partial charge in [-0.15, -0.1) is 11.8 Å². The van der Waals surface area contributed by atoms with E-state index in [0.717, 1.165) is 53.3 Å². The van der Waals surface area contributed by atoms with Crippen LogP contribution in [0.25, 0.3) is 10.9 Å². The highest BCUT2D eigenvalue weighted by Crippen LogP contribution is 2.38. The number of aryl methyl sites for hydroxylation is 2. The van der Waals surface area contributed by atoms with Gasteiger partial charge in [-0.25, -0.2) is 0 Å². The van der Waals surface area contributed by atoms with Gasteiger partial charge in [-0.05, 0) is 56.9 Å². The summed E-state index contributed by atoms with van der Waals surface area (Å²) < 4.78 is 5.61. The van der Waals surface area contributed by atoms with Crippen molar-refractivity contribution in [1.29, 1.82) is 0 Å². The third kappa shape index (κ3) is 3.69. The molecule has 5 nitrogen and oxygen atoms in total. The molecule has 6 heteroatoms. The summed E-state index contributed by atoms with van der Waals surface area (Å²) in [6.07, 6.45) is 2.96. The molecule has 0 radical (unpaired) electrons. The molecular weight excluding hydrogens is 356 g/mol. The molecule has 2 atom stereocenters. The number of H-pyrrole nitrogens is 1. The number of pyridine rings is 1. The van der Waals surface area contributed by atoms with Gasteiger partial charge in [0, 0.05) is 39.6 Å². The zero-order valence-electron chi connectivity index (χ0n) is 16.3. The summed E-state index contributed by atoms with van der Waals surface area (Å²) in [6, 6.07) is 6.49. The lowest BCUT2D eigenvalue weighted by molar-refractivity contribution is 0.0657. The Balaban J connectivity index is 1.69. The van der Waals surface area contributed by atoms with Gasteiger partial charge in [0.1, 0.15) is 0 Å². The molecule has 2 aromatic heterocycles. The van der Waals surface area contributed by atoms with Crippen molar-refractivity contribution in [2.45, 2.75) is 44.3 Å². The highest BCUT2D eigenvalue weighted by Gasteiger charge is 2.23. The van der Waals surface area contributed by atoms with Crippen LogP contribution in [0.5, 0.6) is 0 Å². The van der Waals surface area contributed by atoms with Crippen LogP contribution in [0.3, 0.4) is 0 Å². The Morgan fingerprint density at radius 2 is 2.11 bits per heavy atom. The van der Waals surface area contributed by atoms with Crippen LogP contribution < -0.4 is 5.32 Å². The number of rotatable bonds is 4. The SMILES string of the molecule is Cc1cc2nccc(Nc3n[nH]c(C)c3C)c2cc1S[C@H]1CCOC[C@H]1C. The number of aromatic amines is 1. The van der Waals surface area contributed by atoms with Gasteiger partial charge in [0.05, 0.1) is 17.8 Å². The number of hydrogen-bond donors (Lipinski definition) is 2. The van der Waals surface area contributed by atoms with E-state index in [-0.39, 0.29) is 0 Å². The molecule has 2 N–H and O–H groups in total. The molecule has 27 heavy (non-hydrogen) atoms. The number of anilines is 2. The van der Waals surface area contributed by atoms with Crippen molar-refractivity contribution in [2.24, 2.45) is 5.92 Å². The first-order valence-corrected chi connectivity index (χ1v) is 10.3. The van der Waals surface area contributed by atoms with Crippen molar-refractivity contribution >= 4 is 34.2 Å². The summed E-state index contributed by atoms with van der Waals surface area (Å²) in [7, 11) is 0. The first-order valence-electron chi connectivity index (χ1n) is 9.45. The van der Waals surface area contributed by atoms with Crippen LogP contribution in [-0.2, 0) is 4.74 Å². The van der Waals surface area contributed by atoms with Crippen LogP contribution in [0.2, 0.25) is 0 Å². The molecular formula is C21H26N4OS. The Morgan fingerprint density at radius 1 is 1.26 bits per heavy atom. The fourth-order valence-corrected chi connectivity index (χ4v) is 4.73. The number of nitrogens with zero attached hydrogens (tertiary/aromatic N) is 2. The average Bonchev–Trinajstić information content (AvgIpc) is 2.97. The van der Waals surface area contributed by atoms with Crippen molar-refractivity contribution < 1.29 is 4.74 Å². The summed E-state index contributed by atoms with van der Waals surface area (Å²) in [5.41, 5.74) is 5.54. The maximum atomic E-state index is 5.61. The van der Waals surface area contributed by atoms with E-state index in [1.807, 2.05) is 30.9 Å². The van der Waals surface area contributed by atoms with E-state index >= 15 is 0 Å². The molecule has 3 aromatic rings. The van der Waals surface area contributed by atoms with Crippen molar-refractivity contribution in [3.63, 3.8) is 0 Å². The Hall–Kier alpha value is -2.05. The smallest absolute Gasteiger partial charge is 0.155 e. The van der Waals surface area contributed by atoms with Crippen LogP contribution in [0.4, 0.5) is 11.5 Å². The average molecular weight is 383 g/mol. The van der Waals surface area contributed by atoms with Crippen LogP contribution in [0.1, 0.15) is 30.2 Å². The molecule has 1 saturated heterocycles. The zero-order chi connectivity index (χ0) is 19.0. The summed E-state index contributed by atoms with van der Waals surface area (Å²) >= 11 is 1.98. The van der Waals surface area contributed by atoms with E-state index in [9.17, 15) is 0 Å². The molecule has 1 aromatic carbocycles. The zero-order valence-corrected chi connectivity index (χ0v) is 17.1. The van der Waals surface area contributed by atoms with Gasteiger partial charge in [0.2, 0.25) is 0 Å². The Labute approximate surface area is 164 Å². The topological polar surface area (TPSA) is 62.8 Å². The first kappa shape index (κ1) is 18.3. The molecule has 0 spiro atoms. The van der Waals surface area contributed by atoms with Gasteiger partial charge in [-0.1, -0.05) is 6.92 Å². The molecule has 142 valence electrons. The number of fused-ring (bicyclic) bond motifs is 1. The van der Waals surface area contributed by atoms with E-state index in [0.29, 0.717) is 11.2 Å². The van der Waals surface area contributed by atoms with Crippen molar-refractivity contribution in [1.82, 2.24) is 15.2 Å². The fraction of sp³-hybridized carbons (Fsp3) is 0.429. The lowest BCUT2D eigenvalue weighted by Gasteiger charge is -2.28. The van der Waals surface area contributed by atoms with Crippen LogP contribution in [-0.4, -0.2) is 33.6 Å². The minimum Gasteiger partial charge on any atom is -0.381 e. The maximum absolute atomic E-state index is 5.61. The van der Waals surface area contributed by atoms with E-state index in [4.69, 9.17) is 4.74 Å². The molecule has 1 aliphatic heterocycles. The minimum atomic E-state index is 0.569. The Kier molecular flexibility index (Phi) is 5.10. The number of benzene rings is 1. The molecule has 0 bridgehead atoms. The second-order valence-electron chi connectivity index (χ2n) is 7.44. The van der Waals surface area contributed by atoms with Crippen LogP contribution >= 0.6 is 11.8 Å². The van der Waals surface area contributed by atoms with E-state index in [1.165, 1.54) is 10.5 Å². The predicted octanol–water partition coefficient (Wildman–Crippen LogP) is 5.14. The monoisotopic (exact) mass is 382 g/mol. The second kappa shape index (κ2) is 7.52. The molecule has 4 rings (SSSR count). The largest absolute Gasteiger partial charge is 0.381 e. The van der Waals surface area contributed by atoms with Crippen LogP contribution in [0, 0.1) is 26.7 Å². The van der Waals surface area contributed by atoms with Crippen molar-refractivity contribution in [3.8, 4) is 0 Å². The minimum absolute atomic E-state index is 0.569. The Morgan fingerprint density at radius 3 is 2.85 bits per heavy atom. The number of thioether (sulfide) groups is 1. The third-order valence-electron chi connectivity index (χ3n) is 5.38. The lowest BCUT2D eigenvalue weighted by atomic mass is 10.0. The number of hydrogen-bond acceptors (Lipinski definition) is 5. The quantitative estimate of drug-likeness (QED) is 0.654. The molecule has 0 unspecified atom stereocenters. The summed E-state index contributed by atoms with van der Waals surface area (Å²) in [6.45, 7) is 10.3. The molecule has 0 saturated carbocycles. The highest BCUT2D eigenvalue weighted by atomic mass is 32.2. The standard InChI is InChI=1S/C21H26N4OS/c1-12-9-18-16(10-20(12)27-19-6-8-26-11-13(19)2)17(5-7-22-18)23-21-14(3)15(4)24-25-21/h5,7,9-10,13,19H,6,8,11H2,1-4H3,(H2,22,23,24,25)/t13-,19+/m1/s1. The van der Waals surface area contributed by atoms with Gasteiger partial charge >= 0.3 is 0 Å². The highest BCUT2D eigenvalue weighted by molar-refractivity contribution is 8.00. The van der Waals surface area contributed by atoms with E-state index in [1.54, 1.807) is 0 Å². The van der Waals surface area contributed by atoms with E-state index < -0.39 is 0 Å². The van der Waals surface area contributed by atoms with Gasteiger partial charge in [-0.2, -0.15) is 5.10 Å². The molecule has 1 fully saturated rings. The molecule has 3 heterocycles. The van der Waals surface area contributed by atoms with Crippen LogP contribution in [0.15, 0.2) is 29.3 Å². The summed E-state index contributed by atoms with van der Waals surface area (Å²) in [5.74, 6) is 1.44. The first-order chi connectivity index (χ1) is 13.0. The summed E-state index contributed by atoms with van der Waals surface area (Å²) in [4.78, 5) is 5.90. The lowest BCUT2D eigenvalue weighted by Crippen LogP contribution is -2.27. The molecule has 1 aliphatic rings. The van der Waals surface area contributed by atoms with Crippen molar-refractivity contribution in [3.05, 3.63) is 41.2 Å². The number of nitrogens with one attached hydrogen (secondary N) is 2. The third-order valence-corrected chi connectivity index (χ3v) is 7.08. The number of aromatic nitrogens is 3. The maximum Gasteiger partial charge on any atom is 0.155 e. The van der Waals surface area contributed by atoms with Gasteiger partial charge < -0.3 is 10.1 Å². The van der Waals surface area contributed by atoms with Gasteiger partial charge in [-0.3, -0.25) is 10.1 Å². The van der Waals surface area contributed by atoms with Crippen molar-refractivity contribution in [2.75, 3.05) is 18.5 Å². The van der Waals surface area contributed by atoms with Gasteiger partial charge in [0.25, 0.3) is 0 Å². The van der Waals surface area contributed by atoms with E-state index in [2.05, 4.69) is 53.4 Å².